The summed E-state index contributed by atoms with van der Waals surface area (Å²) >= 11 is 0. The summed E-state index contributed by atoms with van der Waals surface area (Å²) in [6.07, 6.45) is -0.674. The van der Waals surface area contributed by atoms with Crippen LogP contribution in [0.3, 0.4) is 0 Å². The third kappa shape index (κ3) is 3.99. The standard InChI is InChI=1S/C18H18N2O2.ClH/c19-11-14(21)12-22-18-10-17(13-6-2-1-3-7-13)20-16-9-5-4-8-15(16)18;/h1-10,14,21H,11-12,19H2;1H. The van der Waals surface area contributed by atoms with Crippen LogP contribution in [0.1, 0.15) is 0 Å². The van der Waals surface area contributed by atoms with E-state index in [1.165, 1.54) is 0 Å². The van der Waals surface area contributed by atoms with Gasteiger partial charge in [0.25, 0.3) is 0 Å². The molecule has 3 rings (SSSR count). The molecule has 1 atom stereocenters. The van der Waals surface area contributed by atoms with E-state index in [1.807, 2.05) is 60.7 Å². The van der Waals surface area contributed by atoms with E-state index in [0.29, 0.717) is 5.75 Å². The smallest absolute Gasteiger partial charge is 0.131 e. The maximum absolute atomic E-state index is 9.61. The number of rotatable bonds is 5. The molecule has 3 aromatic rings. The number of aromatic nitrogens is 1. The van der Waals surface area contributed by atoms with Crippen molar-refractivity contribution in [1.29, 1.82) is 0 Å². The van der Waals surface area contributed by atoms with E-state index in [1.54, 1.807) is 0 Å². The Labute approximate surface area is 141 Å². The number of ether oxygens (including phenoxy) is 1. The molecule has 0 aliphatic heterocycles. The molecule has 3 N–H and O–H groups in total. The van der Waals surface area contributed by atoms with Crippen molar-refractivity contribution < 1.29 is 9.84 Å². The average molecular weight is 331 g/mol. The molecule has 0 fully saturated rings. The van der Waals surface area contributed by atoms with E-state index in [4.69, 9.17) is 10.5 Å². The molecule has 4 nitrogen and oxygen atoms in total. The Balaban J connectivity index is 0.00000192. The number of pyridine rings is 1. The first-order valence-corrected chi connectivity index (χ1v) is 7.24. The summed E-state index contributed by atoms with van der Waals surface area (Å²) in [6.45, 7) is 0.341. The minimum absolute atomic E-state index is 0. The monoisotopic (exact) mass is 330 g/mol. The molecule has 120 valence electrons. The highest BCUT2D eigenvalue weighted by Crippen LogP contribution is 2.29. The highest BCUT2D eigenvalue weighted by Gasteiger charge is 2.10. The van der Waals surface area contributed by atoms with Crippen molar-refractivity contribution in [2.45, 2.75) is 6.10 Å². The van der Waals surface area contributed by atoms with Crippen LogP contribution in [-0.4, -0.2) is 29.3 Å². The van der Waals surface area contributed by atoms with Crippen LogP contribution < -0.4 is 10.5 Å². The Morgan fingerprint density at radius 2 is 1.74 bits per heavy atom. The van der Waals surface area contributed by atoms with Crippen molar-refractivity contribution in [2.24, 2.45) is 5.73 Å². The highest BCUT2D eigenvalue weighted by molar-refractivity contribution is 5.87. The summed E-state index contributed by atoms with van der Waals surface area (Å²) in [6, 6.07) is 19.7. The molecule has 0 saturated heterocycles. The van der Waals surface area contributed by atoms with E-state index >= 15 is 0 Å². The lowest BCUT2D eigenvalue weighted by Gasteiger charge is -2.13. The fourth-order valence-electron chi connectivity index (χ4n) is 2.27. The van der Waals surface area contributed by atoms with Crippen LogP contribution in [0.25, 0.3) is 22.2 Å². The fraction of sp³-hybridized carbons (Fsp3) is 0.167. The zero-order valence-electron chi connectivity index (χ0n) is 12.6. The van der Waals surface area contributed by atoms with Gasteiger partial charge >= 0.3 is 0 Å². The van der Waals surface area contributed by atoms with Gasteiger partial charge in [-0.1, -0.05) is 42.5 Å². The lowest BCUT2D eigenvalue weighted by Crippen LogP contribution is -2.26. The number of fused-ring (bicyclic) bond motifs is 1. The Bertz CT molecular complexity index is 765. The molecule has 0 radical (unpaired) electrons. The second kappa shape index (κ2) is 7.92. The zero-order chi connectivity index (χ0) is 15.4. The van der Waals surface area contributed by atoms with Crippen molar-refractivity contribution in [3.05, 3.63) is 60.7 Å². The lowest BCUT2D eigenvalue weighted by atomic mass is 10.1. The second-order valence-electron chi connectivity index (χ2n) is 5.09. The van der Waals surface area contributed by atoms with Gasteiger partial charge in [0.2, 0.25) is 0 Å². The van der Waals surface area contributed by atoms with Crippen molar-refractivity contribution in [3.8, 4) is 17.0 Å². The molecule has 0 spiro atoms. The van der Waals surface area contributed by atoms with Gasteiger partial charge < -0.3 is 15.6 Å². The molecule has 1 unspecified atom stereocenters. The minimum Gasteiger partial charge on any atom is -0.490 e. The van der Waals surface area contributed by atoms with Crippen molar-refractivity contribution in [2.75, 3.05) is 13.2 Å². The van der Waals surface area contributed by atoms with E-state index in [2.05, 4.69) is 4.98 Å². The number of nitrogens with two attached hydrogens (primary N) is 1. The van der Waals surface area contributed by atoms with Crippen LogP contribution in [0.4, 0.5) is 0 Å². The van der Waals surface area contributed by atoms with Crippen molar-refractivity contribution >= 4 is 23.3 Å². The van der Waals surface area contributed by atoms with Gasteiger partial charge in [-0.3, -0.25) is 0 Å². The predicted molar refractivity (Wildman–Crippen MR) is 95.0 cm³/mol. The summed E-state index contributed by atoms with van der Waals surface area (Å²) in [5, 5.41) is 10.5. The zero-order valence-corrected chi connectivity index (χ0v) is 13.4. The summed E-state index contributed by atoms with van der Waals surface area (Å²) in [7, 11) is 0. The van der Waals surface area contributed by atoms with E-state index in [9.17, 15) is 5.11 Å². The van der Waals surface area contributed by atoms with Crippen LogP contribution in [0.5, 0.6) is 5.75 Å². The summed E-state index contributed by atoms with van der Waals surface area (Å²) < 4.78 is 5.76. The van der Waals surface area contributed by atoms with E-state index in [0.717, 1.165) is 22.2 Å². The van der Waals surface area contributed by atoms with Gasteiger partial charge in [-0.25, -0.2) is 4.98 Å². The first kappa shape index (κ1) is 17.2. The van der Waals surface area contributed by atoms with Crippen molar-refractivity contribution in [3.63, 3.8) is 0 Å². The first-order valence-electron chi connectivity index (χ1n) is 7.24. The van der Waals surface area contributed by atoms with Crippen LogP contribution in [0.2, 0.25) is 0 Å². The van der Waals surface area contributed by atoms with Crippen LogP contribution in [0.15, 0.2) is 60.7 Å². The summed E-state index contributed by atoms with van der Waals surface area (Å²) in [4.78, 5) is 4.69. The molecule has 1 heterocycles. The average Bonchev–Trinajstić information content (AvgIpc) is 2.59. The van der Waals surface area contributed by atoms with Gasteiger partial charge in [0.15, 0.2) is 0 Å². The molecule has 23 heavy (non-hydrogen) atoms. The molecule has 5 heteroatoms. The Kier molecular flexibility index (Phi) is 5.93. The number of para-hydroxylation sites is 1. The molecule has 2 aromatic carbocycles. The second-order valence-corrected chi connectivity index (χ2v) is 5.09. The maximum Gasteiger partial charge on any atom is 0.131 e. The number of halogens is 1. The van der Waals surface area contributed by atoms with Gasteiger partial charge in [0.05, 0.1) is 11.2 Å². The van der Waals surface area contributed by atoms with Gasteiger partial charge in [0, 0.05) is 23.6 Å². The van der Waals surface area contributed by atoms with Crippen LogP contribution in [0, 0.1) is 0 Å². The van der Waals surface area contributed by atoms with Crippen molar-refractivity contribution in [1.82, 2.24) is 4.98 Å². The quantitative estimate of drug-likeness (QED) is 0.754. The van der Waals surface area contributed by atoms with E-state index < -0.39 is 6.10 Å². The normalized spacial score (nSPS) is 11.7. The SMILES string of the molecule is Cl.NCC(O)COc1cc(-c2ccccc2)nc2ccccc12. The largest absolute Gasteiger partial charge is 0.490 e. The molecule has 0 aliphatic rings. The number of aliphatic hydroxyl groups excluding tert-OH is 1. The number of benzene rings is 2. The van der Waals surface area contributed by atoms with Gasteiger partial charge in [-0.15, -0.1) is 12.4 Å². The Morgan fingerprint density at radius 1 is 1.04 bits per heavy atom. The minimum atomic E-state index is -0.674. The third-order valence-electron chi connectivity index (χ3n) is 3.45. The number of hydrogen-bond acceptors (Lipinski definition) is 4. The summed E-state index contributed by atoms with van der Waals surface area (Å²) in [5.41, 5.74) is 8.16. The number of aliphatic hydroxyl groups is 1. The highest BCUT2D eigenvalue weighted by atomic mass is 35.5. The van der Waals surface area contributed by atoms with E-state index in [-0.39, 0.29) is 25.6 Å². The van der Waals surface area contributed by atoms with Gasteiger partial charge in [0.1, 0.15) is 18.5 Å². The Hall–Kier alpha value is -2.14. The summed E-state index contributed by atoms with van der Waals surface area (Å²) in [5.74, 6) is 0.706. The van der Waals surface area contributed by atoms with Crippen LogP contribution in [-0.2, 0) is 0 Å². The lowest BCUT2D eigenvalue weighted by molar-refractivity contribution is 0.115. The maximum atomic E-state index is 9.61. The number of nitrogens with zero attached hydrogens (tertiary/aromatic N) is 1. The van der Waals surface area contributed by atoms with Crippen LogP contribution >= 0.6 is 12.4 Å². The predicted octanol–water partition coefficient (Wildman–Crippen LogP) is 3.02. The molecule has 0 bridgehead atoms. The molecule has 0 aliphatic carbocycles. The Morgan fingerprint density at radius 3 is 2.48 bits per heavy atom. The third-order valence-corrected chi connectivity index (χ3v) is 3.45. The first-order chi connectivity index (χ1) is 10.8. The fourth-order valence-corrected chi connectivity index (χ4v) is 2.27. The number of hydrogen-bond donors (Lipinski definition) is 2. The molecular weight excluding hydrogens is 312 g/mol. The molecule has 0 saturated carbocycles. The van der Waals surface area contributed by atoms with Gasteiger partial charge in [-0.2, -0.15) is 0 Å². The molecule has 0 amide bonds. The molecular formula is C18H19ClN2O2. The van der Waals surface area contributed by atoms with Gasteiger partial charge in [-0.05, 0) is 12.1 Å². The molecule has 1 aromatic heterocycles. The topological polar surface area (TPSA) is 68.4 Å².